The van der Waals surface area contributed by atoms with Gasteiger partial charge >= 0.3 is 6.18 Å². The fourth-order valence-corrected chi connectivity index (χ4v) is 3.13. The minimum Gasteiger partial charge on any atom is -0.318 e. The van der Waals surface area contributed by atoms with Crippen molar-refractivity contribution in [1.29, 1.82) is 0 Å². The van der Waals surface area contributed by atoms with E-state index in [1.807, 2.05) is 39.0 Å². The summed E-state index contributed by atoms with van der Waals surface area (Å²) in [6.45, 7) is 6.03. The van der Waals surface area contributed by atoms with Gasteiger partial charge in [-0.05, 0) is 62.7 Å². The number of alkyl halides is 3. The van der Waals surface area contributed by atoms with Gasteiger partial charge < -0.3 is 4.57 Å². The van der Waals surface area contributed by atoms with Crippen molar-refractivity contribution in [2.45, 2.75) is 26.9 Å². The Labute approximate surface area is 169 Å². The van der Waals surface area contributed by atoms with Crippen LogP contribution < -0.4 is 5.43 Å². The standard InChI is InChI=1S/C20H18BrF3N4/c1-12-8-17(5-6-18(12)21)28-13(2)9-15(14(28)3)10-26-27-19-7-4-16(11-25-19)20(22,23)24/h4-11H,1-3H3,(H,25,27)/b26-10-. The monoisotopic (exact) mass is 450 g/mol. The minimum atomic E-state index is -4.41. The number of aromatic nitrogens is 2. The zero-order valence-corrected chi connectivity index (χ0v) is 17.1. The highest BCUT2D eigenvalue weighted by molar-refractivity contribution is 9.10. The fraction of sp³-hybridized carbons (Fsp3) is 0.200. The maximum atomic E-state index is 12.6. The van der Waals surface area contributed by atoms with E-state index < -0.39 is 11.7 Å². The van der Waals surface area contributed by atoms with Crippen molar-refractivity contribution in [3.8, 4) is 5.69 Å². The molecule has 0 unspecified atom stereocenters. The van der Waals surface area contributed by atoms with E-state index in [-0.39, 0.29) is 5.82 Å². The first-order valence-electron chi connectivity index (χ1n) is 8.44. The van der Waals surface area contributed by atoms with Crippen LogP contribution in [0.1, 0.15) is 28.1 Å². The molecule has 146 valence electrons. The molecular weight excluding hydrogens is 433 g/mol. The minimum absolute atomic E-state index is 0.238. The van der Waals surface area contributed by atoms with Crippen LogP contribution in [0.25, 0.3) is 5.69 Å². The Morgan fingerprint density at radius 2 is 1.86 bits per heavy atom. The van der Waals surface area contributed by atoms with Crippen molar-refractivity contribution >= 4 is 28.0 Å². The van der Waals surface area contributed by atoms with E-state index >= 15 is 0 Å². The SMILES string of the molecule is Cc1cc(-n2c(C)cc(/C=N\Nc3ccc(C(F)(F)F)cn3)c2C)ccc1Br. The number of pyridine rings is 1. The van der Waals surface area contributed by atoms with Gasteiger partial charge in [0.25, 0.3) is 0 Å². The van der Waals surface area contributed by atoms with Crippen molar-refractivity contribution < 1.29 is 13.2 Å². The summed E-state index contributed by atoms with van der Waals surface area (Å²) >= 11 is 3.51. The summed E-state index contributed by atoms with van der Waals surface area (Å²) in [5, 5.41) is 4.10. The average molecular weight is 451 g/mol. The van der Waals surface area contributed by atoms with Crippen molar-refractivity contribution in [3.63, 3.8) is 0 Å². The highest BCUT2D eigenvalue weighted by Crippen LogP contribution is 2.29. The molecule has 0 saturated heterocycles. The fourth-order valence-electron chi connectivity index (χ4n) is 2.88. The van der Waals surface area contributed by atoms with Crippen molar-refractivity contribution in [2.24, 2.45) is 5.10 Å². The van der Waals surface area contributed by atoms with E-state index in [2.05, 4.69) is 42.1 Å². The Morgan fingerprint density at radius 3 is 2.46 bits per heavy atom. The van der Waals surface area contributed by atoms with Crippen LogP contribution in [0.3, 0.4) is 0 Å². The number of hydrogen-bond donors (Lipinski definition) is 1. The third-order valence-corrected chi connectivity index (χ3v) is 5.23. The molecule has 2 heterocycles. The van der Waals surface area contributed by atoms with Crippen LogP contribution in [0.4, 0.5) is 19.0 Å². The molecule has 0 aliphatic rings. The summed E-state index contributed by atoms with van der Waals surface area (Å²) in [5.74, 6) is 0.238. The Hall–Kier alpha value is -2.61. The van der Waals surface area contributed by atoms with Crippen molar-refractivity contribution in [2.75, 3.05) is 5.43 Å². The molecule has 3 aromatic rings. The highest BCUT2D eigenvalue weighted by Gasteiger charge is 2.30. The van der Waals surface area contributed by atoms with Gasteiger partial charge in [0.15, 0.2) is 0 Å². The smallest absolute Gasteiger partial charge is 0.318 e. The van der Waals surface area contributed by atoms with Crippen LogP contribution in [0.5, 0.6) is 0 Å². The third kappa shape index (κ3) is 4.27. The molecule has 0 bridgehead atoms. The lowest BCUT2D eigenvalue weighted by molar-refractivity contribution is -0.137. The molecule has 0 aliphatic carbocycles. The lowest BCUT2D eigenvalue weighted by atomic mass is 10.2. The number of hydrazone groups is 1. The summed E-state index contributed by atoms with van der Waals surface area (Å²) in [6, 6.07) is 10.3. The van der Waals surface area contributed by atoms with Gasteiger partial charge in [0.2, 0.25) is 0 Å². The molecule has 0 atom stereocenters. The number of hydrogen-bond acceptors (Lipinski definition) is 3. The Bertz CT molecular complexity index is 1020. The second kappa shape index (κ2) is 7.79. The number of nitrogens with one attached hydrogen (secondary N) is 1. The van der Waals surface area contributed by atoms with E-state index in [1.165, 1.54) is 6.07 Å². The lowest BCUT2D eigenvalue weighted by Crippen LogP contribution is -2.05. The van der Waals surface area contributed by atoms with Gasteiger partial charge in [-0.15, -0.1) is 0 Å². The first kappa shape index (κ1) is 20.1. The topological polar surface area (TPSA) is 42.2 Å². The number of anilines is 1. The summed E-state index contributed by atoms with van der Waals surface area (Å²) in [6.07, 6.45) is -2.00. The van der Waals surface area contributed by atoms with Crippen LogP contribution in [0, 0.1) is 20.8 Å². The summed E-state index contributed by atoms with van der Waals surface area (Å²) in [7, 11) is 0. The Kier molecular flexibility index (Phi) is 5.60. The van der Waals surface area contributed by atoms with Gasteiger partial charge in [0.1, 0.15) is 5.82 Å². The maximum absolute atomic E-state index is 12.6. The normalized spacial score (nSPS) is 12.0. The molecule has 2 aromatic heterocycles. The lowest BCUT2D eigenvalue weighted by Gasteiger charge is -2.11. The van der Waals surface area contributed by atoms with E-state index in [0.29, 0.717) is 0 Å². The molecule has 0 aliphatic heterocycles. The van der Waals surface area contributed by atoms with E-state index in [0.717, 1.165) is 44.9 Å². The zero-order chi connectivity index (χ0) is 20.5. The molecule has 28 heavy (non-hydrogen) atoms. The molecule has 0 fully saturated rings. The predicted octanol–water partition coefficient (Wildman–Crippen LogP) is 6.02. The van der Waals surface area contributed by atoms with Crippen LogP contribution in [0.2, 0.25) is 0 Å². The molecule has 0 spiro atoms. The molecule has 0 amide bonds. The molecule has 4 nitrogen and oxygen atoms in total. The molecule has 1 N–H and O–H groups in total. The van der Waals surface area contributed by atoms with Gasteiger partial charge in [-0.2, -0.15) is 18.3 Å². The van der Waals surface area contributed by atoms with Crippen molar-refractivity contribution in [1.82, 2.24) is 9.55 Å². The van der Waals surface area contributed by atoms with Gasteiger partial charge in [0.05, 0.1) is 11.8 Å². The first-order chi connectivity index (χ1) is 13.2. The number of halogens is 4. The number of nitrogens with zero attached hydrogens (tertiary/aromatic N) is 3. The molecule has 1 aromatic carbocycles. The van der Waals surface area contributed by atoms with Crippen LogP contribution in [-0.4, -0.2) is 15.8 Å². The van der Waals surface area contributed by atoms with E-state index in [1.54, 1.807) is 6.21 Å². The van der Waals surface area contributed by atoms with Gasteiger partial charge in [-0.3, -0.25) is 5.43 Å². The zero-order valence-electron chi connectivity index (χ0n) is 15.5. The number of rotatable bonds is 4. The molecular formula is C20H18BrF3N4. The second-order valence-corrected chi connectivity index (χ2v) is 7.25. The quantitative estimate of drug-likeness (QED) is 0.389. The van der Waals surface area contributed by atoms with Gasteiger partial charge in [0, 0.05) is 33.3 Å². The largest absolute Gasteiger partial charge is 0.417 e. The number of aryl methyl sites for hydroxylation is 2. The maximum Gasteiger partial charge on any atom is 0.417 e. The van der Waals surface area contributed by atoms with Crippen LogP contribution in [0.15, 0.2) is 52.2 Å². The second-order valence-electron chi connectivity index (χ2n) is 6.40. The third-order valence-electron chi connectivity index (χ3n) is 4.34. The summed E-state index contributed by atoms with van der Waals surface area (Å²) in [5.41, 5.74) is 7.00. The van der Waals surface area contributed by atoms with Gasteiger partial charge in [-0.25, -0.2) is 4.98 Å². The summed E-state index contributed by atoms with van der Waals surface area (Å²) in [4.78, 5) is 3.73. The molecule has 0 radical (unpaired) electrons. The van der Waals surface area contributed by atoms with E-state index in [9.17, 15) is 13.2 Å². The predicted molar refractivity (Wildman–Crippen MR) is 108 cm³/mol. The molecule has 3 rings (SSSR count). The Morgan fingerprint density at radius 1 is 1.11 bits per heavy atom. The van der Waals surface area contributed by atoms with Crippen LogP contribution in [-0.2, 0) is 6.18 Å². The molecule has 0 saturated carbocycles. The number of benzene rings is 1. The van der Waals surface area contributed by atoms with Crippen molar-refractivity contribution in [3.05, 3.63) is 75.1 Å². The average Bonchev–Trinajstić information content (AvgIpc) is 2.91. The van der Waals surface area contributed by atoms with Crippen LogP contribution >= 0.6 is 15.9 Å². The summed E-state index contributed by atoms with van der Waals surface area (Å²) < 4.78 is 40.9. The Balaban J connectivity index is 1.79. The van der Waals surface area contributed by atoms with Gasteiger partial charge in [-0.1, -0.05) is 15.9 Å². The van der Waals surface area contributed by atoms with E-state index in [4.69, 9.17) is 0 Å². The first-order valence-corrected chi connectivity index (χ1v) is 9.24. The highest BCUT2D eigenvalue weighted by atomic mass is 79.9. The molecule has 8 heteroatoms.